The van der Waals surface area contributed by atoms with Crippen molar-refractivity contribution in [1.82, 2.24) is 15.2 Å². The zero-order valence-corrected chi connectivity index (χ0v) is 10.5. The SMILES string of the molecule is CN1CCC(c2cnc(CC3CNC3)o2)CC1. The fraction of sp³-hybridized carbons (Fsp3) is 0.769. The van der Waals surface area contributed by atoms with Gasteiger partial charge in [-0.05, 0) is 52.0 Å². The number of hydrogen-bond donors (Lipinski definition) is 1. The van der Waals surface area contributed by atoms with Crippen LogP contribution in [-0.4, -0.2) is 43.1 Å². The standard InChI is InChI=1S/C13H21N3O/c1-16-4-2-11(3-5-16)12-9-15-13(17-12)6-10-7-14-8-10/h9-11,14H,2-8H2,1H3. The summed E-state index contributed by atoms with van der Waals surface area (Å²) in [4.78, 5) is 6.81. The van der Waals surface area contributed by atoms with Crippen LogP contribution in [-0.2, 0) is 6.42 Å². The first-order valence-electron chi connectivity index (χ1n) is 6.65. The van der Waals surface area contributed by atoms with Gasteiger partial charge in [0, 0.05) is 12.3 Å². The summed E-state index contributed by atoms with van der Waals surface area (Å²) in [6.07, 6.45) is 5.36. The summed E-state index contributed by atoms with van der Waals surface area (Å²) in [5.41, 5.74) is 0. The van der Waals surface area contributed by atoms with Crippen LogP contribution in [0.4, 0.5) is 0 Å². The average Bonchev–Trinajstić information content (AvgIpc) is 2.73. The van der Waals surface area contributed by atoms with Crippen LogP contribution in [0.25, 0.3) is 0 Å². The quantitative estimate of drug-likeness (QED) is 0.856. The molecule has 2 aliphatic rings. The number of piperidine rings is 1. The van der Waals surface area contributed by atoms with E-state index in [2.05, 4.69) is 22.2 Å². The van der Waals surface area contributed by atoms with Crippen molar-refractivity contribution in [2.75, 3.05) is 33.2 Å². The molecule has 2 fully saturated rings. The van der Waals surface area contributed by atoms with Crippen molar-refractivity contribution in [2.45, 2.75) is 25.2 Å². The maximum atomic E-state index is 5.91. The maximum absolute atomic E-state index is 5.91. The molecule has 0 amide bonds. The zero-order valence-electron chi connectivity index (χ0n) is 10.5. The second-order valence-electron chi connectivity index (χ2n) is 5.46. The predicted molar refractivity (Wildman–Crippen MR) is 66.0 cm³/mol. The Morgan fingerprint density at radius 3 is 2.82 bits per heavy atom. The molecular formula is C13H21N3O. The van der Waals surface area contributed by atoms with Gasteiger partial charge in [-0.25, -0.2) is 4.98 Å². The second kappa shape index (κ2) is 4.78. The lowest BCUT2D eigenvalue weighted by molar-refractivity contribution is 0.236. The van der Waals surface area contributed by atoms with Gasteiger partial charge >= 0.3 is 0 Å². The molecular weight excluding hydrogens is 214 g/mol. The van der Waals surface area contributed by atoms with Crippen LogP contribution in [0.3, 0.4) is 0 Å². The molecule has 0 unspecified atom stereocenters. The molecule has 0 spiro atoms. The summed E-state index contributed by atoms with van der Waals surface area (Å²) < 4.78 is 5.91. The Bertz CT molecular complexity index is 364. The van der Waals surface area contributed by atoms with Crippen molar-refractivity contribution in [2.24, 2.45) is 5.92 Å². The molecule has 0 atom stereocenters. The highest BCUT2D eigenvalue weighted by Crippen LogP contribution is 2.28. The third-order valence-corrected chi connectivity index (χ3v) is 4.02. The number of nitrogens with zero attached hydrogens (tertiary/aromatic N) is 2. The van der Waals surface area contributed by atoms with Crippen LogP contribution in [0, 0.1) is 5.92 Å². The van der Waals surface area contributed by atoms with Gasteiger partial charge in [0.1, 0.15) is 5.76 Å². The Morgan fingerprint density at radius 1 is 1.41 bits per heavy atom. The molecule has 2 saturated heterocycles. The van der Waals surface area contributed by atoms with Crippen LogP contribution in [0.5, 0.6) is 0 Å². The lowest BCUT2D eigenvalue weighted by atomic mass is 9.95. The van der Waals surface area contributed by atoms with Gasteiger partial charge in [0.05, 0.1) is 6.20 Å². The van der Waals surface area contributed by atoms with Crippen molar-refractivity contribution in [3.05, 3.63) is 17.8 Å². The normalized spacial score (nSPS) is 23.8. The largest absolute Gasteiger partial charge is 0.445 e. The summed E-state index contributed by atoms with van der Waals surface area (Å²) in [6, 6.07) is 0. The molecule has 0 radical (unpaired) electrons. The van der Waals surface area contributed by atoms with Crippen molar-refractivity contribution in [3.63, 3.8) is 0 Å². The van der Waals surface area contributed by atoms with E-state index in [0.717, 1.165) is 37.1 Å². The molecule has 0 aliphatic carbocycles. The average molecular weight is 235 g/mol. The molecule has 4 nitrogen and oxygen atoms in total. The zero-order chi connectivity index (χ0) is 11.7. The van der Waals surface area contributed by atoms with Crippen LogP contribution < -0.4 is 5.32 Å². The third-order valence-electron chi connectivity index (χ3n) is 4.02. The maximum Gasteiger partial charge on any atom is 0.194 e. The molecule has 1 aromatic rings. The van der Waals surface area contributed by atoms with Gasteiger partial charge in [-0.1, -0.05) is 0 Å². The highest BCUT2D eigenvalue weighted by Gasteiger charge is 2.24. The smallest absolute Gasteiger partial charge is 0.194 e. The van der Waals surface area contributed by atoms with Crippen molar-refractivity contribution in [3.8, 4) is 0 Å². The predicted octanol–water partition coefficient (Wildman–Crippen LogP) is 1.25. The minimum Gasteiger partial charge on any atom is -0.445 e. The van der Waals surface area contributed by atoms with E-state index in [1.807, 2.05) is 6.20 Å². The molecule has 0 aromatic carbocycles. The molecule has 2 aliphatic heterocycles. The summed E-state index contributed by atoms with van der Waals surface area (Å²) in [7, 11) is 2.19. The van der Waals surface area contributed by atoms with E-state index in [1.165, 1.54) is 25.9 Å². The van der Waals surface area contributed by atoms with Crippen molar-refractivity contribution < 1.29 is 4.42 Å². The fourth-order valence-electron chi connectivity index (χ4n) is 2.64. The Kier molecular flexibility index (Phi) is 3.16. The van der Waals surface area contributed by atoms with Crippen molar-refractivity contribution >= 4 is 0 Å². The summed E-state index contributed by atoms with van der Waals surface area (Å²) in [5, 5.41) is 3.28. The van der Waals surface area contributed by atoms with Gasteiger partial charge < -0.3 is 14.6 Å². The molecule has 1 aromatic heterocycles. The summed E-state index contributed by atoms with van der Waals surface area (Å²) >= 11 is 0. The monoisotopic (exact) mass is 235 g/mol. The number of rotatable bonds is 3. The molecule has 3 heterocycles. The third kappa shape index (κ3) is 2.53. The first-order chi connectivity index (χ1) is 8.31. The van der Waals surface area contributed by atoms with Crippen LogP contribution in [0.1, 0.15) is 30.4 Å². The lowest BCUT2D eigenvalue weighted by Crippen LogP contribution is -2.43. The van der Waals surface area contributed by atoms with E-state index < -0.39 is 0 Å². The lowest BCUT2D eigenvalue weighted by Gasteiger charge is -2.27. The van der Waals surface area contributed by atoms with Gasteiger partial charge in [0.2, 0.25) is 0 Å². The van der Waals surface area contributed by atoms with Crippen LogP contribution in [0.15, 0.2) is 10.6 Å². The minimum absolute atomic E-state index is 0.590. The molecule has 0 bridgehead atoms. The second-order valence-corrected chi connectivity index (χ2v) is 5.46. The van der Waals surface area contributed by atoms with Gasteiger partial charge in [-0.15, -0.1) is 0 Å². The first kappa shape index (κ1) is 11.2. The van der Waals surface area contributed by atoms with E-state index in [4.69, 9.17) is 4.42 Å². The highest BCUT2D eigenvalue weighted by atomic mass is 16.4. The van der Waals surface area contributed by atoms with E-state index in [9.17, 15) is 0 Å². The number of hydrogen-bond acceptors (Lipinski definition) is 4. The Morgan fingerprint density at radius 2 is 2.18 bits per heavy atom. The van der Waals surface area contributed by atoms with Crippen molar-refractivity contribution in [1.29, 1.82) is 0 Å². The number of oxazole rings is 1. The molecule has 1 N–H and O–H groups in total. The topological polar surface area (TPSA) is 41.3 Å². The molecule has 17 heavy (non-hydrogen) atoms. The van der Waals surface area contributed by atoms with Gasteiger partial charge in [0.15, 0.2) is 5.89 Å². The number of aromatic nitrogens is 1. The van der Waals surface area contributed by atoms with E-state index >= 15 is 0 Å². The fourth-order valence-corrected chi connectivity index (χ4v) is 2.64. The molecule has 4 heteroatoms. The van der Waals surface area contributed by atoms with Crippen LogP contribution in [0.2, 0.25) is 0 Å². The summed E-state index contributed by atoms with van der Waals surface area (Å²) in [5.74, 6) is 3.37. The highest BCUT2D eigenvalue weighted by molar-refractivity contribution is 5.04. The van der Waals surface area contributed by atoms with E-state index in [-0.39, 0.29) is 0 Å². The van der Waals surface area contributed by atoms with Gasteiger partial charge in [-0.3, -0.25) is 0 Å². The molecule has 0 saturated carbocycles. The Hall–Kier alpha value is -0.870. The van der Waals surface area contributed by atoms with E-state index in [1.54, 1.807) is 0 Å². The summed E-state index contributed by atoms with van der Waals surface area (Å²) in [6.45, 7) is 4.58. The van der Waals surface area contributed by atoms with Gasteiger partial charge in [-0.2, -0.15) is 0 Å². The van der Waals surface area contributed by atoms with Crippen LogP contribution >= 0.6 is 0 Å². The minimum atomic E-state index is 0.590. The van der Waals surface area contributed by atoms with Gasteiger partial charge in [0.25, 0.3) is 0 Å². The molecule has 3 rings (SSSR count). The Labute approximate surface area is 102 Å². The van der Waals surface area contributed by atoms with E-state index in [0.29, 0.717) is 5.92 Å². The Balaban J connectivity index is 1.59. The number of nitrogens with one attached hydrogen (secondary N) is 1. The molecule has 94 valence electrons. The number of likely N-dealkylation sites (tertiary alicyclic amines) is 1. The first-order valence-corrected chi connectivity index (χ1v) is 6.65.